The molecule has 0 aliphatic heterocycles. The fourth-order valence-electron chi connectivity index (χ4n) is 4.12. The quantitative estimate of drug-likeness (QED) is 0.478. The number of unbranched alkanes of at least 4 members (excludes halogenated alkanes) is 1. The average Bonchev–Trinajstić information content (AvgIpc) is 3.54. The molecule has 2 rings (SSSR count). The summed E-state index contributed by atoms with van der Waals surface area (Å²) in [5.74, 6) is -0.601. The third-order valence-electron chi connectivity index (χ3n) is 5.97. The van der Waals surface area contributed by atoms with Gasteiger partial charge in [0.15, 0.2) is 0 Å². The molecule has 1 fully saturated rings. The zero-order valence-corrected chi connectivity index (χ0v) is 22.2. The van der Waals surface area contributed by atoms with Gasteiger partial charge in [0.1, 0.15) is 17.7 Å². The summed E-state index contributed by atoms with van der Waals surface area (Å²) in [5, 5.41) is 5.83. The summed E-state index contributed by atoms with van der Waals surface area (Å²) in [6.45, 7) is 15.7. The van der Waals surface area contributed by atoms with Gasteiger partial charge in [0.2, 0.25) is 11.8 Å². The summed E-state index contributed by atoms with van der Waals surface area (Å²) in [5.41, 5.74) is 2.12. The fourth-order valence-corrected chi connectivity index (χ4v) is 4.12. The van der Waals surface area contributed by atoms with Crippen LogP contribution in [0, 0.1) is 19.8 Å². The van der Waals surface area contributed by atoms with E-state index in [1.54, 1.807) is 25.7 Å². The summed E-state index contributed by atoms with van der Waals surface area (Å²) in [6, 6.07) is 4.33. The molecule has 1 aliphatic rings. The molecule has 0 heterocycles. The van der Waals surface area contributed by atoms with Crippen LogP contribution >= 0.6 is 0 Å². The van der Waals surface area contributed by atoms with Crippen molar-refractivity contribution >= 4 is 17.9 Å². The molecule has 2 unspecified atom stereocenters. The van der Waals surface area contributed by atoms with E-state index in [-0.39, 0.29) is 23.8 Å². The van der Waals surface area contributed by atoms with Crippen LogP contribution in [0.25, 0.3) is 0 Å². The molecule has 7 heteroatoms. The molecule has 1 aliphatic carbocycles. The van der Waals surface area contributed by atoms with Crippen LogP contribution in [-0.4, -0.2) is 47.0 Å². The number of rotatable bonds is 10. The molecule has 190 valence electrons. The van der Waals surface area contributed by atoms with E-state index in [0.29, 0.717) is 6.54 Å². The minimum Gasteiger partial charge on any atom is -0.444 e. The first-order valence-electron chi connectivity index (χ1n) is 12.5. The Labute approximate surface area is 205 Å². The number of nitrogens with zero attached hydrogens (tertiary/aromatic N) is 1. The van der Waals surface area contributed by atoms with Crippen LogP contribution in [0.4, 0.5) is 4.79 Å². The van der Waals surface area contributed by atoms with Crippen molar-refractivity contribution in [3.8, 4) is 0 Å². The molecular formula is C27H43N3O4. The normalized spacial score (nSPS) is 15.4. The first kappa shape index (κ1) is 27.7. The molecular weight excluding hydrogens is 430 g/mol. The molecule has 3 amide bonds. The van der Waals surface area contributed by atoms with E-state index in [0.717, 1.165) is 42.4 Å². The summed E-state index contributed by atoms with van der Waals surface area (Å²) in [7, 11) is 0. The van der Waals surface area contributed by atoms with Crippen molar-refractivity contribution in [2.24, 2.45) is 5.92 Å². The second-order valence-corrected chi connectivity index (χ2v) is 10.7. The number of alkyl carbamates (subject to hydrolysis) is 1. The summed E-state index contributed by atoms with van der Waals surface area (Å²) in [6.07, 6.45) is 2.89. The number of carbonyl (C=O) groups is 3. The van der Waals surface area contributed by atoms with Gasteiger partial charge in [-0.3, -0.25) is 9.59 Å². The fraction of sp³-hybridized carbons (Fsp3) is 0.667. The van der Waals surface area contributed by atoms with Crippen LogP contribution in [0.3, 0.4) is 0 Å². The van der Waals surface area contributed by atoms with Gasteiger partial charge in [-0.25, -0.2) is 4.79 Å². The molecule has 1 aromatic rings. The molecule has 1 saturated carbocycles. The van der Waals surface area contributed by atoms with Gasteiger partial charge >= 0.3 is 6.09 Å². The Balaban J connectivity index is 2.46. The molecule has 34 heavy (non-hydrogen) atoms. The first-order valence-corrected chi connectivity index (χ1v) is 12.5. The second kappa shape index (κ2) is 11.7. The first-order chi connectivity index (χ1) is 15.9. The maximum Gasteiger partial charge on any atom is 0.408 e. The highest BCUT2D eigenvalue weighted by Gasteiger charge is 2.45. The zero-order valence-electron chi connectivity index (χ0n) is 22.2. The molecule has 0 radical (unpaired) electrons. The lowest BCUT2D eigenvalue weighted by atomic mass is 9.92. The van der Waals surface area contributed by atoms with Gasteiger partial charge in [-0.1, -0.05) is 45.4 Å². The van der Waals surface area contributed by atoms with Gasteiger partial charge in [-0.15, -0.1) is 0 Å². The Morgan fingerprint density at radius 1 is 1.12 bits per heavy atom. The third-order valence-corrected chi connectivity index (χ3v) is 5.97. The number of amides is 3. The number of ether oxygens (including phenoxy) is 1. The van der Waals surface area contributed by atoms with Crippen molar-refractivity contribution in [1.82, 2.24) is 15.5 Å². The smallest absolute Gasteiger partial charge is 0.408 e. The SMILES string of the molecule is CCCCNC(=O)C(c1c(C)cccc1C)N(C(=O)C(NC(=O)OC(C)(C)C)C(C)C)C1CC1. The molecule has 7 nitrogen and oxygen atoms in total. The van der Waals surface area contributed by atoms with E-state index < -0.39 is 23.8 Å². The number of hydrogen-bond donors (Lipinski definition) is 2. The molecule has 0 aromatic heterocycles. The molecule has 2 atom stereocenters. The van der Waals surface area contributed by atoms with Crippen molar-refractivity contribution in [3.05, 3.63) is 34.9 Å². The van der Waals surface area contributed by atoms with Crippen LogP contribution in [0.15, 0.2) is 18.2 Å². The van der Waals surface area contributed by atoms with Crippen molar-refractivity contribution in [2.45, 2.75) is 105 Å². The van der Waals surface area contributed by atoms with E-state index in [1.165, 1.54) is 0 Å². The number of aryl methyl sites for hydroxylation is 2. The predicted octanol–water partition coefficient (Wildman–Crippen LogP) is 4.80. The van der Waals surface area contributed by atoms with Crippen molar-refractivity contribution in [1.29, 1.82) is 0 Å². The molecule has 0 saturated heterocycles. The highest BCUT2D eigenvalue weighted by Crippen LogP contribution is 2.38. The van der Waals surface area contributed by atoms with Crippen molar-refractivity contribution in [2.75, 3.05) is 6.54 Å². The summed E-state index contributed by atoms with van der Waals surface area (Å²) >= 11 is 0. The van der Waals surface area contributed by atoms with Crippen molar-refractivity contribution in [3.63, 3.8) is 0 Å². The average molecular weight is 474 g/mol. The van der Waals surface area contributed by atoms with Crippen LogP contribution in [0.5, 0.6) is 0 Å². The lowest BCUT2D eigenvalue weighted by Crippen LogP contribution is -2.55. The van der Waals surface area contributed by atoms with E-state index >= 15 is 0 Å². The van der Waals surface area contributed by atoms with Crippen LogP contribution in [0.1, 0.15) is 90.0 Å². The monoisotopic (exact) mass is 473 g/mol. The molecule has 2 N–H and O–H groups in total. The number of carbonyl (C=O) groups excluding carboxylic acids is 3. The Hall–Kier alpha value is -2.57. The lowest BCUT2D eigenvalue weighted by Gasteiger charge is -2.37. The highest BCUT2D eigenvalue weighted by atomic mass is 16.6. The van der Waals surface area contributed by atoms with Crippen LogP contribution in [0.2, 0.25) is 0 Å². The minimum absolute atomic E-state index is 0.0323. The van der Waals surface area contributed by atoms with Gasteiger partial charge in [-0.05, 0) is 76.5 Å². The Kier molecular flexibility index (Phi) is 9.54. The maximum absolute atomic E-state index is 14.0. The van der Waals surface area contributed by atoms with Crippen LogP contribution < -0.4 is 10.6 Å². The largest absolute Gasteiger partial charge is 0.444 e. The third kappa shape index (κ3) is 7.47. The van der Waals surface area contributed by atoms with E-state index in [9.17, 15) is 14.4 Å². The molecule has 0 bridgehead atoms. The zero-order chi connectivity index (χ0) is 25.6. The summed E-state index contributed by atoms with van der Waals surface area (Å²) in [4.78, 5) is 41.9. The Bertz CT molecular complexity index is 851. The summed E-state index contributed by atoms with van der Waals surface area (Å²) < 4.78 is 5.42. The van der Waals surface area contributed by atoms with Crippen molar-refractivity contribution < 1.29 is 19.1 Å². The Morgan fingerprint density at radius 2 is 1.71 bits per heavy atom. The number of nitrogens with one attached hydrogen (secondary N) is 2. The number of hydrogen-bond acceptors (Lipinski definition) is 4. The van der Waals surface area contributed by atoms with E-state index in [4.69, 9.17) is 4.74 Å². The Morgan fingerprint density at radius 3 is 2.18 bits per heavy atom. The van der Waals surface area contributed by atoms with Crippen LogP contribution in [-0.2, 0) is 14.3 Å². The van der Waals surface area contributed by atoms with Gasteiger partial charge in [0.25, 0.3) is 0 Å². The lowest BCUT2D eigenvalue weighted by molar-refractivity contribution is -0.144. The van der Waals surface area contributed by atoms with Gasteiger partial charge in [0, 0.05) is 12.6 Å². The maximum atomic E-state index is 14.0. The second-order valence-electron chi connectivity index (χ2n) is 10.7. The topological polar surface area (TPSA) is 87.7 Å². The molecule has 0 spiro atoms. The minimum atomic E-state index is -0.800. The van der Waals surface area contributed by atoms with Gasteiger partial charge < -0.3 is 20.3 Å². The predicted molar refractivity (Wildman–Crippen MR) is 134 cm³/mol. The van der Waals surface area contributed by atoms with Gasteiger partial charge in [0.05, 0.1) is 0 Å². The van der Waals surface area contributed by atoms with E-state index in [1.807, 2.05) is 45.9 Å². The number of benzene rings is 1. The standard InChI is InChI=1S/C27H43N3O4/c1-9-10-16-28-24(31)23(21-18(4)12-11-13-19(21)5)30(20-14-15-20)25(32)22(17(2)3)29-26(33)34-27(6,7)8/h11-13,17,20,22-23H,9-10,14-16H2,1-8H3,(H,28,31)(H,29,33). The highest BCUT2D eigenvalue weighted by molar-refractivity contribution is 5.93. The van der Waals surface area contributed by atoms with Gasteiger partial charge in [-0.2, -0.15) is 0 Å². The van der Waals surface area contributed by atoms with E-state index in [2.05, 4.69) is 17.6 Å². The molecule has 1 aromatic carbocycles.